The molecular formula is C15H13N5S. The second-order valence-corrected chi connectivity index (χ2v) is 5.84. The van der Waals surface area contributed by atoms with Crippen LogP contribution in [0.4, 0.5) is 5.82 Å². The van der Waals surface area contributed by atoms with Gasteiger partial charge in [0.05, 0.1) is 0 Å². The van der Waals surface area contributed by atoms with Crippen molar-refractivity contribution in [1.82, 2.24) is 19.9 Å². The van der Waals surface area contributed by atoms with Gasteiger partial charge in [-0.05, 0) is 18.2 Å². The van der Waals surface area contributed by atoms with Crippen molar-refractivity contribution in [3.63, 3.8) is 0 Å². The Bertz CT molecular complexity index is 796. The van der Waals surface area contributed by atoms with Gasteiger partial charge in [-0.2, -0.15) is 0 Å². The molecule has 4 rings (SSSR count). The average molecular weight is 295 g/mol. The highest BCUT2D eigenvalue weighted by Crippen LogP contribution is 2.35. The zero-order valence-electron chi connectivity index (χ0n) is 11.2. The van der Waals surface area contributed by atoms with Crippen molar-refractivity contribution >= 4 is 33.5 Å². The van der Waals surface area contributed by atoms with Gasteiger partial charge in [-0.25, -0.2) is 15.0 Å². The van der Waals surface area contributed by atoms with Crippen LogP contribution in [0.1, 0.15) is 5.56 Å². The van der Waals surface area contributed by atoms with Crippen LogP contribution in [-0.4, -0.2) is 32.2 Å². The van der Waals surface area contributed by atoms with Crippen LogP contribution in [0.2, 0.25) is 0 Å². The summed E-state index contributed by atoms with van der Waals surface area (Å²) in [6, 6.07) is 6.07. The van der Waals surface area contributed by atoms with E-state index in [2.05, 4.69) is 43.2 Å². The minimum Gasteiger partial charge on any atom is -0.346 e. The Kier molecular flexibility index (Phi) is 3.08. The van der Waals surface area contributed by atoms with Gasteiger partial charge in [0.1, 0.15) is 17.8 Å². The number of pyridine rings is 1. The third kappa shape index (κ3) is 2.27. The molecule has 0 amide bonds. The quantitative estimate of drug-likeness (QED) is 0.788. The lowest BCUT2D eigenvalue weighted by atomic mass is 10.2. The van der Waals surface area contributed by atoms with E-state index in [0.717, 1.165) is 29.1 Å². The van der Waals surface area contributed by atoms with Gasteiger partial charge in [0.2, 0.25) is 0 Å². The van der Waals surface area contributed by atoms with Crippen molar-refractivity contribution in [3.05, 3.63) is 54.9 Å². The van der Waals surface area contributed by atoms with E-state index in [1.807, 2.05) is 30.2 Å². The number of nitrogens with zero attached hydrogens (tertiary/aromatic N) is 4. The molecule has 3 aromatic rings. The van der Waals surface area contributed by atoms with E-state index in [9.17, 15) is 0 Å². The number of anilines is 1. The van der Waals surface area contributed by atoms with E-state index in [1.54, 1.807) is 12.5 Å². The minimum atomic E-state index is 0.924. The molecule has 0 aromatic carbocycles. The maximum atomic E-state index is 4.35. The molecule has 21 heavy (non-hydrogen) atoms. The molecule has 0 bridgehead atoms. The van der Waals surface area contributed by atoms with Gasteiger partial charge in [-0.15, -0.1) is 11.8 Å². The summed E-state index contributed by atoms with van der Waals surface area (Å²) in [4.78, 5) is 19.2. The largest absolute Gasteiger partial charge is 0.346 e. The number of thioether (sulfide) groups is 1. The number of hydrogen-bond donors (Lipinski definition) is 1. The molecule has 5 nitrogen and oxygen atoms in total. The van der Waals surface area contributed by atoms with Gasteiger partial charge in [0, 0.05) is 52.9 Å². The first-order chi connectivity index (χ1) is 10.4. The Morgan fingerprint density at radius 1 is 1.14 bits per heavy atom. The number of H-pyrrole nitrogens is 1. The number of aromatic nitrogens is 4. The zero-order chi connectivity index (χ0) is 14.1. The van der Waals surface area contributed by atoms with Crippen molar-refractivity contribution in [3.8, 4) is 0 Å². The highest BCUT2D eigenvalue weighted by Gasteiger charge is 2.16. The lowest BCUT2D eigenvalue weighted by Crippen LogP contribution is -2.23. The maximum Gasteiger partial charge on any atom is 0.137 e. The van der Waals surface area contributed by atoms with Crippen LogP contribution in [0.25, 0.3) is 15.9 Å². The van der Waals surface area contributed by atoms with Gasteiger partial charge in [0.25, 0.3) is 0 Å². The van der Waals surface area contributed by atoms with Gasteiger partial charge >= 0.3 is 0 Å². The Balaban J connectivity index is 1.77. The SMILES string of the molecule is C1=C(c2ccnc3[nH]ccc23)SCCN1c1ccncn1. The number of nitrogens with one attached hydrogen (secondary N) is 1. The van der Waals surface area contributed by atoms with E-state index in [4.69, 9.17) is 0 Å². The molecule has 0 spiro atoms. The van der Waals surface area contributed by atoms with E-state index in [-0.39, 0.29) is 0 Å². The predicted octanol–water partition coefficient (Wildman–Crippen LogP) is 2.90. The third-order valence-electron chi connectivity index (χ3n) is 3.45. The smallest absolute Gasteiger partial charge is 0.137 e. The fourth-order valence-corrected chi connectivity index (χ4v) is 3.50. The summed E-state index contributed by atoms with van der Waals surface area (Å²) in [6.07, 6.45) is 9.30. The van der Waals surface area contributed by atoms with E-state index >= 15 is 0 Å². The maximum absolute atomic E-state index is 4.35. The third-order valence-corrected chi connectivity index (χ3v) is 4.47. The fourth-order valence-electron chi connectivity index (χ4n) is 2.45. The monoisotopic (exact) mass is 295 g/mol. The number of hydrogen-bond acceptors (Lipinski definition) is 5. The van der Waals surface area contributed by atoms with E-state index in [1.165, 1.54) is 10.5 Å². The molecule has 1 N–H and O–H groups in total. The summed E-state index contributed by atoms with van der Waals surface area (Å²) in [5.41, 5.74) is 2.14. The Morgan fingerprint density at radius 3 is 3.05 bits per heavy atom. The molecule has 1 aliphatic rings. The van der Waals surface area contributed by atoms with Crippen molar-refractivity contribution < 1.29 is 0 Å². The van der Waals surface area contributed by atoms with Gasteiger partial charge in [0.15, 0.2) is 0 Å². The molecule has 104 valence electrons. The molecule has 0 saturated carbocycles. The summed E-state index contributed by atoms with van der Waals surface area (Å²) >= 11 is 1.87. The highest BCUT2D eigenvalue weighted by molar-refractivity contribution is 8.08. The summed E-state index contributed by atoms with van der Waals surface area (Å²) in [5, 5.41) is 1.15. The molecule has 0 fully saturated rings. The molecule has 6 heteroatoms. The highest BCUT2D eigenvalue weighted by atomic mass is 32.2. The second-order valence-electron chi connectivity index (χ2n) is 4.70. The first kappa shape index (κ1) is 12.4. The summed E-state index contributed by atoms with van der Waals surface area (Å²) < 4.78 is 0. The average Bonchev–Trinajstić information content (AvgIpc) is 3.04. The van der Waals surface area contributed by atoms with Crippen molar-refractivity contribution in [2.24, 2.45) is 0 Å². The molecule has 0 aliphatic carbocycles. The topological polar surface area (TPSA) is 57.7 Å². The summed E-state index contributed by atoms with van der Waals surface area (Å²) in [5.74, 6) is 1.96. The van der Waals surface area contributed by atoms with Crippen LogP contribution in [0.5, 0.6) is 0 Å². The fraction of sp³-hybridized carbons (Fsp3) is 0.133. The first-order valence-corrected chi connectivity index (χ1v) is 7.70. The molecule has 0 unspecified atom stereocenters. The molecule has 1 aliphatic heterocycles. The van der Waals surface area contributed by atoms with Crippen molar-refractivity contribution in [1.29, 1.82) is 0 Å². The van der Waals surface area contributed by atoms with Gasteiger partial charge in [-0.3, -0.25) is 0 Å². The standard InChI is InChI=1S/C15H13N5S/c1-5-17-15-12(2-6-18-15)11(1)13-9-20(7-8-21-13)14-3-4-16-10-19-14/h1-6,9-10H,7-8H2,(H,17,18). The molecule has 0 atom stereocenters. The lowest BCUT2D eigenvalue weighted by molar-refractivity contribution is 0.975. The summed E-state index contributed by atoms with van der Waals surface area (Å²) in [7, 11) is 0. The van der Waals surface area contributed by atoms with Crippen molar-refractivity contribution in [2.45, 2.75) is 0 Å². The Labute approximate surface area is 126 Å². The zero-order valence-corrected chi connectivity index (χ0v) is 12.0. The summed E-state index contributed by atoms with van der Waals surface area (Å²) in [6.45, 7) is 0.951. The van der Waals surface area contributed by atoms with Crippen LogP contribution in [0.3, 0.4) is 0 Å². The number of rotatable bonds is 2. The lowest BCUT2D eigenvalue weighted by Gasteiger charge is -2.25. The molecule has 0 saturated heterocycles. The van der Waals surface area contributed by atoms with Gasteiger partial charge in [-0.1, -0.05) is 0 Å². The molecule has 0 radical (unpaired) electrons. The normalized spacial score (nSPS) is 15.2. The van der Waals surface area contributed by atoms with Crippen LogP contribution < -0.4 is 4.90 Å². The van der Waals surface area contributed by atoms with Crippen LogP contribution in [0, 0.1) is 0 Å². The Hall–Kier alpha value is -2.34. The number of fused-ring (bicyclic) bond motifs is 1. The predicted molar refractivity (Wildman–Crippen MR) is 85.9 cm³/mol. The van der Waals surface area contributed by atoms with Crippen LogP contribution in [-0.2, 0) is 0 Å². The number of aromatic amines is 1. The van der Waals surface area contributed by atoms with E-state index < -0.39 is 0 Å². The van der Waals surface area contributed by atoms with Gasteiger partial charge < -0.3 is 9.88 Å². The molecular weight excluding hydrogens is 282 g/mol. The first-order valence-electron chi connectivity index (χ1n) is 6.71. The van der Waals surface area contributed by atoms with Crippen LogP contribution >= 0.6 is 11.8 Å². The molecule has 4 heterocycles. The van der Waals surface area contributed by atoms with E-state index in [0.29, 0.717) is 0 Å². The van der Waals surface area contributed by atoms with Crippen molar-refractivity contribution in [2.75, 3.05) is 17.2 Å². The minimum absolute atomic E-state index is 0.924. The second kappa shape index (κ2) is 5.21. The Morgan fingerprint density at radius 2 is 2.14 bits per heavy atom. The van der Waals surface area contributed by atoms with Crippen LogP contribution in [0.15, 0.2) is 49.3 Å². The molecule has 3 aromatic heterocycles.